The van der Waals surface area contributed by atoms with E-state index in [1.807, 2.05) is 37.9 Å². The number of carbonyl (C=O) groups excluding carboxylic acids is 1. The van der Waals surface area contributed by atoms with Crippen LogP contribution in [0.2, 0.25) is 0 Å². The van der Waals surface area contributed by atoms with E-state index in [2.05, 4.69) is 11.4 Å². The van der Waals surface area contributed by atoms with Gasteiger partial charge in [-0.2, -0.15) is 0 Å². The normalized spacial score (nSPS) is 12.3. The van der Waals surface area contributed by atoms with E-state index >= 15 is 0 Å². The molecule has 128 valence electrons. The number of rotatable bonds is 5. The number of hydrogen-bond acceptors (Lipinski definition) is 2. The van der Waals surface area contributed by atoms with Gasteiger partial charge in [-0.3, -0.25) is 9.69 Å². The number of likely N-dealkylation sites (N-methyl/N-ethyl adjacent to an activating group) is 1. The van der Waals surface area contributed by atoms with Crippen LogP contribution in [0.3, 0.4) is 0 Å². The summed E-state index contributed by atoms with van der Waals surface area (Å²) in [5.41, 5.74) is 3.47. The molecule has 1 amide bonds. The molecule has 0 aliphatic rings. The second kappa shape index (κ2) is 7.53. The third-order valence-electron chi connectivity index (χ3n) is 4.15. The minimum Gasteiger partial charge on any atom is -0.322 e. The molecule has 0 heterocycles. The molecule has 2 aromatic rings. The maximum atomic E-state index is 13.6. The summed E-state index contributed by atoms with van der Waals surface area (Å²) in [6.45, 7) is 6.43. The maximum absolute atomic E-state index is 13.6. The van der Waals surface area contributed by atoms with E-state index < -0.39 is 17.7 Å². The number of halogens is 2. The predicted molar refractivity (Wildman–Crippen MR) is 91.8 cm³/mol. The molecule has 1 unspecified atom stereocenters. The number of benzene rings is 2. The third-order valence-corrected chi connectivity index (χ3v) is 4.15. The molecule has 24 heavy (non-hydrogen) atoms. The minimum absolute atomic E-state index is 0.0202. The van der Waals surface area contributed by atoms with Crippen LogP contribution in [0.25, 0.3) is 0 Å². The first-order valence-corrected chi connectivity index (χ1v) is 7.80. The molecule has 0 saturated carbocycles. The maximum Gasteiger partial charge on any atom is 0.241 e. The van der Waals surface area contributed by atoms with Gasteiger partial charge in [-0.15, -0.1) is 0 Å². The summed E-state index contributed by atoms with van der Waals surface area (Å²) in [5, 5.41) is 2.51. The SMILES string of the molecule is Cc1ccc(CN(C)C(C)C(=O)Nc2ccc(F)cc2F)c(C)c1. The lowest BCUT2D eigenvalue weighted by atomic mass is 10.0. The predicted octanol–water partition coefficient (Wildman–Crippen LogP) is 4.04. The van der Waals surface area contributed by atoms with E-state index in [0.717, 1.165) is 17.7 Å². The van der Waals surface area contributed by atoms with Gasteiger partial charge < -0.3 is 5.32 Å². The number of hydrogen-bond donors (Lipinski definition) is 1. The van der Waals surface area contributed by atoms with Crippen LogP contribution in [-0.2, 0) is 11.3 Å². The fraction of sp³-hybridized carbons (Fsp3) is 0.316. The molecule has 0 fully saturated rings. The van der Waals surface area contributed by atoms with Gasteiger partial charge in [0.25, 0.3) is 0 Å². The van der Waals surface area contributed by atoms with Gasteiger partial charge in [-0.1, -0.05) is 23.8 Å². The zero-order chi connectivity index (χ0) is 17.9. The van der Waals surface area contributed by atoms with Gasteiger partial charge in [0, 0.05) is 12.6 Å². The first-order valence-electron chi connectivity index (χ1n) is 7.80. The van der Waals surface area contributed by atoms with Crippen molar-refractivity contribution in [3.05, 3.63) is 64.7 Å². The van der Waals surface area contributed by atoms with E-state index in [0.29, 0.717) is 6.54 Å². The van der Waals surface area contributed by atoms with Crippen molar-refractivity contribution >= 4 is 11.6 Å². The van der Waals surface area contributed by atoms with E-state index in [1.54, 1.807) is 6.92 Å². The largest absolute Gasteiger partial charge is 0.322 e. The van der Waals surface area contributed by atoms with E-state index in [9.17, 15) is 13.6 Å². The van der Waals surface area contributed by atoms with Gasteiger partial charge in [0.15, 0.2) is 0 Å². The Bertz CT molecular complexity index is 746. The van der Waals surface area contributed by atoms with Gasteiger partial charge in [-0.25, -0.2) is 8.78 Å². The molecule has 0 radical (unpaired) electrons. The topological polar surface area (TPSA) is 32.3 Å². The standard InChI is InChI=1S/C19H22F2N2O/c1-12-5-6-15(13(2)9-12)11-23(4)14(3)19(24)22-18-8-7-16(20)10-17(18)21/h5-10,14H,11H2,1-4H3,(H,22,24). The Labute approximate surface area is 141 Å². The Kier molecular flexibility index (Phi) is 5.67. The molecule has 0 aromatic heterocycles. The van der Waals surface area contributed by atoms with Crippen molar-refractivity contribution in [1.29, 1.82) is 0 Å². The Balaban J connectivity index is 2.03. The number of nitrogens with zero attached hydrogens (tertiary/aromatic N) is 1. The molecule has 0 aliphatic heterocycles. The molecule has 1 N–H and O–H groups in total. The summed E-state index contributed by atoms with van der Waals surface area (Å²) in [4.78, 5) is 14.2. The highest BCUT2D eigenvalue weighted by atomic mass is 19.1. The number of amides is 1. The molecule has 1 atom stereocenters. The highest BCUT2D eigenvalue weighted by Crippen LogP contribution is 2.17. The highest BCUT2D eigenvalue weighted by Gasteiger charge is 2.20. The summed E-state index contributed by atoms with van der Waals surface area (Å²) < 4.78 is 26.6. The Morgan fingerprint density at radius 3 is 2.50 bits per heavy atom. The summed E-state index contributed by atoms with van der Waals surface area (Å²) in [5.74, 6) is -1.80. The second-order valence-electron chi connectivity index (χ2n) is 6.13. The monoisotopic (exact) mass is 332 g/mol. The quantitative estimate of drug-likeness (QED) is 0.896. The van der Waals surface area contributed by atoms with Crippen LogP contribution in [0.5, 0.6) is 0 Å². The van der Waals surface area contributed by atoms with Gasteiger partial charge in [0.2, 0.25) is 5.91 Å². The summed E-state index contributed by atoms with van der Waals surface area (Å²) in [7, 11) is 1.84. The average molecular weight is 332 g/mol. The van der Waals surface area contributed by atoms with Crippen LogP contribution in [0, 0.1) is 25.5 Å². The summed E-state index contributed by atoms with van der Waals surface area (Å²) in [6.07, 6.45) is 0. The Morgan fingerprint density at radius 2 is 1.88 bits per heavy atom. The smallest absolute Gasteiger partial charge is 0.241 e. The zero-order valence-electron chi connectivity index (χ0n) is 14.4. The van der Waals surface area contributed by atoms with Crippen LogP contribution in [0.1, 0.15) is 23.6 Å². The average Bonchev–Trinajstić information content (AvgIpc) is 2.51. The lowest BCUT2D eigenvalue weighted by molar-refractivity contribution is -0.120. The van der Waals surface area contributed by atoms with Crippen molar-refractivity contribution in [3.63, 3.8) is 0 Å². The summed E-state index contributed by atoms with van der Waals surface area (Å²) >= 11 is 0. The number of carbonyl (C=O) groups is 1. The van der Waals surface area contributed by atoms with E-state index in [-0.39, 0.29) is 11.6 Å². The van der Waals surface area contributed by atoms with Crippen molar-refractivity contribution in [1.82, 2.24) is 4.90 Å². The Hall–Kier alpha value is -2.27. The molecule has 0 spiro atoms. The van der Waals surface area contributed by atoms with E-state index in [4.69, 9.17) is 0 Å². The molecular weight excluding hydrogens is 310 g/mol. The lowest BCUT2D eigenvalue weighted by Crippen LogP contribution is -2.39. The number of anilines is 1. The zero-order valence-corrected chi connectivity index (χ0v) is 14.4. The van der Waals surface area contributed by atoms with E-state index in [1.165, 1.54) is 17.2 Å². The molecule has 0 saturated heterocycles. The van der Waals surface area contributed by atoms with Gasteiger partial charge in [0.1, 0.15) is 11.6 Å². The van der Waals surface area contributed by atoms with Gasteiger partial charge in [0.05, 0.1) is 11.7 Å². The first-order chi connectivity index (χ1) is 11.3. The van der Waals surface area contributed by atoms with Crippen molar-refractivity contribution < 1.29 is 13.6 Å². The van der Waals surface area contributed by atoms with Crippen LogP contribution < -0.4 is 5.32 Å². The fourth-order valence-corrected chi connectivity index (χ4v) is 2.46. The third kappa shape index (κ3) is 4.38. The fourth-order valence-electron chi connectivity index (χ4n) is 2.46. The van der Waals surface area contributed by atoms with Crippen molar-refractivity contribution in [2.75, 3.05) is 12.4 Å². The number of nitrogens with one attached hydrogen (secondary N) is 1. The first kappa shape index (κ1) is 18.1. The molecule has 2 aromatic carbocycles. The molecule has 5 heteroatoms. The molecular formula is C19H22F2N2O. The molecule has 0 aliphatic carbocycles. The van der Waals surface area contributed by atoms with Gasteiger partial charge in [-0.05, 0) is 51.1 Å². The van der Waals surface area contributed by atoms with Crippen molar-refractivity contribution in [3.8, 4) is 0 Å². The van der Waals surface area contributed by atoms with Crippen LogP contribution >= 0.6 is 0 Å². The molecule has 2 rings (SSSR count). The molecule has 3 nitrogen and oxygen atoms in total. The highest BCUT2D eigenvalue weighted by molar-refractivity contribution is 5.94. The summed E-state index contributed by atoms with van der Waals surface area (Å²) in [6, 6.07) is 8.80. The van der Waals surface area contributed by atoms with Crippen LogP contribution in [0.4, 0.5) is 14.5 Å². The lowest BCUT2D eigenvalue weighted by Gasteiger charge is -2.25. The second-order valence-corrected chi connectivity index (χ2v) is 6.13. The Morgan fingerprint density at radius 1 is 1.17 bits per heavy atom. The van der Waals surface area contributed by atoms with Crippen molar-refractivity contribution in [2.45, 2.75) is 33.4 Å². The van der Waals surface area contributed by atoms with Crippen LogP contribution in [0.15, 0.2) is 36.4 Å². The van der Waals surface area contributed by atoms with Gasteiger partial charge >= 0.3 is 0 Å². The van der Waals surface area contributed by atoms with Crippen LogP contribution in [-0.4, -0.2) is 23.9 Å². The minimum atomic E-state index is -0.785. The number of aryl methyl sites for hydroxylation is 2. The van der Waals surface area contributed by atoms with Crippen molar-refractivity contribution in [2.24, 2.45) is 0 Å². The molecule has 0 bridgehead atoms.